The molecule has 0 unspecified atom stereocenters. The lowest BCUT2D eigenvalue weighted by Crippen LogP contribution is -1.79. The molecule has 0 saturated heterocycles. The largest absolute Gasteiger partial charge is 0.329 e. The Bertz CT molecular complexity index is 491. The van der Waals surface area contributed by atoms with Crippen molar-refractivity contribution >= 4 is 0 Å². The minimum Gasteiger partial charge on any atom is -0.329 e. The molecule has 2 aromatic rings. The summed E-state index contributed by atoms with van der Waals surface area (Å²) in [6, 6.07) is 10.0. The number of nitrogens with zero attached hydrogens (tertiary/aromatic N) is 2. The number of hydrogen-bond acceptors (Lipinski definition) is 2. The van der Waals surface area contributed by atoms with Gasteiger partial charge in [0.25, 0.3) is 0 Å². The fraction of sp³-hybridized carbons (Fsp3) is 0.0909. The zero-order valence-corrected chi connectivity index (χ0v) is 7.78. The zero-order valence-electron chi connectivity index (χ0n) is 7.78. The molecule has 68 valence electrons. The molecule has 0 aliphatic rings. The highest BCUT2D eigenvalue weighted by Gasteiger charge is 2.01. The monoisotopic (exact) mass is 183 g/mol. The number of aryl methyl sites for hydroxylation is 1. The molecule has 2 rings (SSSR count). The van der Waals surface area contributed by atoms with Gasteiger partial charge >= 0.3 is 0 Å². The molecule has 1 aromatic carbocycles. The zero-order chi connectivity index (χ0) is 9.97. The standard InChI is InChI=1S/C11H9N3/c1-8-3-2-4-9(5-8)10-7-13-11(6-12)14-10/h2-5,7H,1H3,(H,13,14). The second-order valence-electron chi connectivity index (χ2n) is 3.13. The summed E-state index contributed by atoms with van der Waals surface area (Å²) in [6.07, 6.45) is 1.67. The third-order valence-corrected chi connectivity index (χ3v) is 2.01. The van der Waals surface area contributed by atoms with Crippen LogP contribution in [0.4, 0.5) is 0 Å². The van der Waals surface area contributed by atoms with Crippen LogP contribution >= 0.6 is 0 Å². The van der Waals surface area contributed by atoms with Crippen LogP contribution in [-0.2, 0) is 0 Å². The predicted octanol–water partition coefficient (Wildman–Crippen LogP) is 2.26. The van der Waals surface area contributed by atoms with E-state index >= 15 is 0 Å². The molecule has 3 nitrogen and oxygen atoms in total. The van der Waals surface area contributed by atoms with Gasteiger partial charge in [0.05, 0.1) is 11.9 Å². The van der Waals surface area contributed by atoms with E-state index < -0.39 is 0 Å². The van der Waals surface area contributed by atoms with E-state index in [0.717, 1.165) is 11.3 Å². The van der Waals surface area contributed by atoms with Gasteiger partial charge in [-0.25, -0.2) is 4.98 Å². The fourth-order valence-corrected chi connectivity index (χ4v) is 1.34. The number of imidazole rings is 1. The number of rotatable bonds is 1. The quantitative estimate of drug-likeness (QED) is 0.737. The summed E-state index contributed by atoms with van der Waals surface area (Å²) >= 11 is 0. The van der Waals surface area contributed by atoms with Gasteiger partial charge in [-0.3, -0.25) is 0 Å². The molecule has 0 bridgehead atoms. The molecule has 0 amide bonds. The van der Waals surface area contributed by atoms with Gasteiger partial charge in [0.2, 0.25) is 5.82 Å². The maximum atomic E-state index is 8.61. The van der Waals surface area contributed by atoms with Crippen LogP contribution in [0.2, 0.25) is 0 Å². The summed E-state index contributed by atoms with van der Waals surface area (Å²) < 4.78 is 0. The summed E-state index contributed by atoms with van der Waals surface area (Å²) in [5.41, 5.74) is 3.12. The van der Waals surface area contributed by atoms with Crippen molar-refractivity contribution in [2.45, 2.75) is 6.92 Å². The first-order valence-corrected chi connectivity index (χ1v) is 4.32. The maximum absolute atomic E-state index is 8.61. The van der Waals surface area contributed by atoms with E-state index in [2.05, 4.69) is 16.0 Å². The Morgan fingerprint density at radius 1 is 1.43 bits per heavy atom. The van der Waals surface area contributed by atoms with Crippen molar-refractivity contribution in [2.75, 3.05) is 0 Å². The van der Waals surface area contributed by atoms with E-state index in [4.69, 9.17) is 5.26 Å². The van der Waals surface area contributed by atoms with E-state index in [0.29, 0.717) is 5.82 Å². The van der Waals surface area contributed by atoms with Gasteiger partial charge in [-0.05, 0) is 18.6 Å². The van der Waals surface area contributed by atoms with Crippen LogP contribution < -0.4 is 0 Å². The van der Waals surface area contributed by atoms with E-state index in [-0.39, 0.29) is 0 Å². The molecular formula is C11H9N3. The number of benzene rings is 1. The Kier molecular flexibility index (Phi) is 2.04. The highest BCUT2D eigenvalue weighted by molar-refractivity contribution is 5.59. The van der Waals surface area contributed by atoms with Crippen LogP contribution in [0.1, 0.15) is 11.4 Å². The van der Waals surface area contributed by atoms with Crippen LogP contribution in [-0.4, -0.2) is 9.97 Å². The second kappa shape index (κ2) is 3.35. The summed E-state index contributed by atoms with van der Waals surface area (Å²) in [4.78, 5) is 6.86. The molecule has 0 aliphatic carbocycles. The van der Waals surface area contributed by atoms with Crippen molar-refractivity contribution in [2.24, 2.45) is 0 Å². The fourth-order valence-electron chi connectivity index (χ4n) is 1.34. The van der Waals surface area contributed by atoms with E-state index in [1.165, 1.54) is 5.56 Å². The maximum Gasteiger partial charge on any atom is 0.210 e. The number of hydrogen-bond donors (Lipinski definition) is 1. The van der Waals surface area contributed by atoms with Crippen LogP contribution in [0.5, 0.6) is 0 Å². The highest BCUT2D eigenvalue weighted by atomic mass is 14.9. The van der Waals surface area contributed by atoms with Crippen LogP contribution in [0, 0.1) is 18.3 Å². The van der Waals surface area contributed by atoms with Crippen molar-refractivity contribution in [3.8, 4) is 17.3 Å². The summed E-state index contributed by atoms with van der Waals surface area (Å²) in [5, 5.41) is 8.61. The molecule has 14 heavy (non-hydrogen) atoms. The highest BCUT2D eigenvalue weighted by Crippen LogP contribution is 2.17. The normalized spacial score (nSPS) is 9.71. The first kappa shape index (κ1) is 8.52. The van der Waals surface area contributed by atoms with Crippen LogP contribution in [0.15, 0.2) is 30.5 Å². The average molecular weight is 183 g/mol. The van der Waals surface area contributed by atoms with Gasteiger partial charge in [0, 0.05) is 0 Å². The first-order chi connectivity index (χ1) is 6.79. The van der Waals surface area contributed by atoms with Gasteiger partial charge in [-0.15, -0.1) is 0 Å². The van der Waals surface area contributed by atoms with Gasteiger partial charge < -0.3 is 4.98 Å². The molecular weight excluding hydrogens is 174 g/mol. The molecule has 1 heterocycles. The van der Waals surface area contributed by atoms with Crippen molar-refractivity contribution in [1.29, 1.82) is 5.26 Å². The third-order valence-electron chi connectivity index (χ3n) is 2.01. The lowest BCUT2D eigenvalue weighted by Gasteiger charge is -1.97. The Balaban J connectivity index is 2.45. The molecule has 3 heteroatoms. The Hall–Kier alpha value is -2.08. The molecule has 0 saturated carbocycles. The van der Waals surface area contributed by atoms with Crippen molar-refractivity contribution in [3.05, 3.63) is 41.9 Å². The lowest BCUT2D eigenvalue weighted by atomic mass is 10.1. The summed E-state index contributed by atoms with van der Waals surface area (Å²) in [5.74, 6) is 0.349. The minimum absolute atomic E-state index is 0.349. The molecule has 0 aliphatic heterocycles. The number of H-pyrrole nitrogens is 1. The van der Waals surface area contributed by atoms with E-state index in [1.54, 1.807) is 6.20 Å². The lowest BCUT2D eigenvalue weighted by molar-refractivity contribution is 1.23. The Morgan fingerprint density at radius 2 is 2.29 bits per heavy atom. The number of aromatic amines is 1. The number of nitrogens with one attached hydrogen (secondary N) is 1. The van der Waals surface area contributed by atoms with Crippen LogP contribution in [0.25, 0.3) is 11.3 Å². The molecule has 0 atom stereocenters. The molecule has 1 aromatic heterocycles. The van der Waals surface area contributed by atoms with E-state index in [9.17, 15) is 0 Å². The van der Waals surface area contributed by atoms with Crippen molar-refractivity contribution in [3.63, 3.8) is 0 Å². The van der Waals surface area contributed by atoms with Crippen LogP contribution in [0.3, 0.4) is 0 Å². The molecule has 0 fully saturated rings. The number of aromatic nitrogens is 2. The summed E-state index contributed by atoms with van der Waals surface area (Å²) in [6.45, 7) is 2.03. The van der Waals surface area contributed by atoms with E-state index in [1.807, 2.05) is 31.2 Å². The van der Waals surface area contributed by atoms with Crippen molar-refractivity contribution < 1.29 is 0 Å². The molecule has 1 N–H and O–H groups in total. The summed E-state index contributed by atoms with van der Waals surface area (Å²) in [7, 11) is 0. The topological polar surface area (TPSA) is 52.5 Å². The minimum atomic E-state index is 0.349. The SMILES string of the molecule is Cc1cccc(-c2cnc(C#N)[nH]2)c1. The smallest absolute Gasteiger partial charge is 0.210 e. The third kappa shape index (κ3) is 1.50. The van der Waals surface area contributed by atoms with Gasteiger partial charge in [0.1, 0.15) is 6.07 Å². The van der Waals surface area contributed by atoms with Gasteiger partial charge in [-0.2, -0.15) is 5.26 Å². The van der Waals surface area contributed by atoms with Gasteiger partial charge in [-0.1, -0.05) is 23.8 Å². The Labute approximate surface area is 82.0 Å². The first-order valence-electron chi connectivity index (χ1n) is 4.32. The Morgan fingerprint density at radius 3 is 2.93 bits per heavy atom. The van der Waals surface area contributed by atoms with Crippen molar-refractivity contribution in [1.82, 2.24) is 9.97 Å². The molecule has 0 spiro atoms. The molecule has 0 radical (unpaired) electrons. The predicted molar refractivity (Wildman–Crippen MR) is 53.5 cm³/mol. The second-order valence-corrected chi connectivity index (χ2v) is 3.13. The number of nitriles is 1. The average Bonchev–Trinajstić information content (AvgIpc) is 2.66. The van der Waals surface area contributed by atoms with Gasteiger partial charge in [0.15, 0.2) is 0 Å².